The normalized spacial score (nSPS) is 16.8. The van der Waals surface area contributed by atoms with Gasteiger partial charge in [0.2, 0.25) is 11.8 Å². The van der Waals surface area contributed by atoms with Gasteiger partial charge in [0.1, 0.15) is 6.04 Å². The number of carbonyl (C=O) groups excluding carboxylic acids is 2. The fourth-order valence-electron chi connectivity index (χ4n) is 1.13. The first-order valence-electron chi connectivity index (χ1n) is 4.61. The van der Waals surface area contributed by atoms with Crippen LogP contribution in [0.4, 0.5) is 0 Å². The Morgan fingerprint density at radius 1 is 1.57 bits per heavy atom. The zero-order valence-corrected chi connectivity index (χ0v) is 7.82. The van der Waals surface area contributed by atoms with Crippen LogP contribution in [0.2, 0.25) is 0 Å². The van der Waals surface area contributed by atoms with Gasteiger partial charge in [-0.2, -0.15) is 5.26 Å². The second kappa shape index (κ2) is 4.61. The Morgan fingerprint density at radius 3 is 2.64 bits per heavy atom. The number of amides is 2. The summed E-state index contributed by atoms with van der Waals surface area (Å²) in [4.78, 5) is 22.2. The van der Waals surface area contributed by atoms with E-state index in [9.17, 15) is 9.59 Å². The van der Waals surface area contributed by atoms with Crippen LogP contribution in [0.3, 0.4) is 0 Å². The van der Waals surface area contributed by atoms with Crippen LogP contribution in [-0.2, 0) is 9.59 Å². The van der Waals surface area contributed by atoms with Crippen molar-refractivity contribution in [3.05, 3.63) is 0 Å². The molecule has 5 heteroatoms. The molecule has 1 rings (SSSR count). The molecule has 14 heavy (non-hydrogen) atoms. The Bertz CT molecular complexity index is 278. The zero-order chi connectivity index (χ0) is 10.6. The zero-order valence-electron chi connectivity index (χ0n) is 7.82. The maximum atomic E-state index is 11.3. The molecular formula is C9H13N3O2. The number of carbonyl (C=O) groups is 2. The van der Waals surface area contributed by atoms with Crippen molar-refractivity contribution < 1.29 is 9.59 Å². The van der Waals surface area contributed by atoms with Crippen molar-refractivity contribution in [1.82, 2.24) is 5.32 Å². The van der Waals surface area contributed by atoms with Crippen molar-refractivity contribution in [3.63, 3.8) is 0 Å². The Labute approximate surface area is 82.3 Å². The van der Waals surface area contributed by atoms with Gasteiger partial charge in [0, 0.05) is 12.3 Å². The van der Waals surface area contributed by atoms with E-state index in [1.807, 2.05) is 6.07 Å². The topological polar surface area (TPSA) is 96.0 Å². The van der Waals surface area contributed by atoms with Crippen LogP contribution in [0.15, 0.2) is 0 Å². The lowest BCUT2D eigenvalue weighted by atomic mass is 10.1. The Kier molecular flexibility index (Phi) is 3.46. The summed E-state index contributed by atoms with van der Waals surface area (Å²) >= 11 is 0. The highest BCUT2D eigenvalue weighted by Gasteiger charge is 2.31. The van der Waals surface area contributed by atoms with Crippen LogP contribution < -0.4 is 11.1 Å². The van der Waals surface area contributed by atoms with E-state index in [1.54, 1.807) is 0 Å². The summed E-state index contributed by atoms with van der Waals surface area (Å²) in [6.45, 7) is 0. The lowest BCUT2D eigenvalue weighted by Crippen LogP contribution is -2.44. The maximum Gasteiger partial charge on any atom is 0.240 e. The van der Waals surface area contributed by atoms with Gasteiger partial charge < -0.3 is 11.1 Å². The van der Waals surface area contributed by atoms with E-state index in [2.05, 4.69) is 5.32 Å². The van der Waals surface area contributed by atoms with Gasteiger partial charge in [0.15, 0.2) is 0 Å². The van der Waals surface area contributed by atoms with Gasteiger partial charge in [0.25, 0.3) is 0 Å². The summed E-state index contributed by atoms with van der Waals surface area (Å²) in [6, 6.07) is 1.22. The smallest absolute Gasteiger partial charge is 0.240 e. The monoisotopic (exact) mass is 195 g/mol. The molecule has 3 N–H and O–H groups in total. The standard InChI is InChI=1S/C9H13N3O2/c10-5-1-2-7(8(11)13)12-9(14)6-3-4-6/h6-7H,1-4H2,(H2,11,13)(H,12,14)/t7-/m0/s1. The molecule has 0 heterocycles. The molecule has 0 saturated heterocycles. The molecule has 0 spiro atoms. The van der Waals surface area contributed by atoms with E-state index in [0.717, 1.165) is 12.8 Å². The predicted octanol–water partition coefficient (Wildman–Crippen LogP) is -0.330. The number of hydrogen-bond acceptors (Lipinski definition) is 3. The molecule has 1 atom stereocenters. The highest BCUT2D eigenvalue weighted by Crippen LogP contribution is 2.28. The predicted molar refractivity (Wildman–Crippen MR) is 48.7 cm³/mol. The van der Waals surface area contributed by atoms with Gasteiger partial charge >= 0.3 is 0 Å². The van der Waals surface area contributed by atoms with Gasteiger partial charge in [0.05, 0.1) is 6.07 Å². The molecule has 76 valence electrons. The number of primary amides is 1. The van der Waals surface area contributed by atoms with Crippen LogP contribution in [-0.4, -0.2) is 17.9 Å². The van der Waals surface area contributed by atoms with Gasteiger partial charge in [-0.3, -0.25) is 9.59 Å². The van der Waals surface area contributed by atoms with Crippen molar-refractivity contribution in [2.24, 2.45) is 11.7 Å². The first kappa shape index (κ1) is 10.5. The maximum absolute atomic E-state index is 11.3. The molecule has 1 aliphatic carbocycles. The van der Waals surface area contributed by atoms with Crippen LogP contribution >= 0.6 is 0 Å². The largest absolute Gasteiger partial charge is 0.368 e. The number of hydrogen-bond donors (Lipinski definition) is 2. The summed E-state index contributed by atoms with van der Waals surface area (Å²) in [5, 5.41) is 10.9. The van der Waals surface area contributed by atoms with E-state index < -0.39 is 11.9 Å². The molecule has 1 fully saturated rings. The minimum absolute atomic E-state index is 0.0546. The summed E-state index contributed by atoms with van der Waals surface area (Å²) < 4.78 is 0. The average Bonchev–Trinajstić information content (AvgIpc) is 2.94. The third kappa shape index (κ3) is 3.05. The second-order valence-electron chi connectivity index (χ2n) is 3.43. The Morgan fingerprint density at radius 2 is 2.21 bits per heavy atom. The fraction of sp³-hybridized carbons (Fsp3) is 0.667. The van der Waals surface area contributed by atoms with Crippen LogP contribution in [0.25, 0.3) is 0 Å². The lowest BCUT2D eigenvalue weighted by Gasteiger charge is -2.13. The molecule has 0 unspecified atom stereocenters. The molecule has 2 amide bonds. The number of nitrogens with one attached hydrogen (secondary N) is 1. The number of rotatable bonds is 5. The van der Waals surface area contributed by atoms with Crippen molar-refractivity contribution in [2.45, 2.75) is 31.7 Å². The van der Waals surface area contributed by atoms with Gasteiger partial charge in [-0.15, -0.1) is 0 Å². The summed E-state index contributed by atoms with van der Waals surface area (Å²) in [5.74, 6) is -0.639. The third-order valence-electron chi connectivity index (χ3n) is 2.15. The average molecular weight is 195 g/mol. The molecule has 0 aromatic rings. The first-order chi connectivity index (χ1) is 6.65. The fourth-order valence-corrected chi connectivity index (χ4v) is 1.13. The van der Waals surface area contributed by atoms with E-state index in [4.69, 9.17) is 11.0 Å². The highest BCUT2D eigenvalue weighted by atomic mass is 16.2. The molecule has 1 saturated carbocycles. The Hall–Kier alpha value is -1.57. The lowest BCUT2D eigenvalue weighted by molar-refractivity contribution is -0.128. The van der Waals surface area contributed by atoms with Gasteiger partial charge in [-0.1, -0.05) is 0 Å². The first-order valence-corrected chi connectivity index (χ1v) is 4.61. The Balaban J connectivity index is 2.38. The van der Waals surface area contributed by atoms with Crippen LogP contribution in [0.5, 0.6) is 0 Å². The minimum atomic E-state index is -0.692. The molecule has 0 radical (unpaired) electrons. The van der Waals surface area contributed by atoms with E-state index in [0.29, 0.717) is 6.42 Å². The molecule has 0 aromatic carbocycles. The number of nitriles is 1. The minimum Gasteiger partial charge on any atom is -0.368 e. The van der Waals surface area contributed by atoms with Crippen molar-refractivity contribution in [2.75, 3.05) is 0 Å². The number of nitrogens with zero attached hydrogens (tertiary/aromatic N) is 1. The van der Waals surface area contributed by atoms with E-state index in [-0.39, 0.29) is 18.2 Å². The van der Waals surface area contributed by atoms with Crippen LogP contribution in [0.1, 0.15) is 25.7 Å². The van der Waals surface area contributed by atoms with E-state index >= 15 is 0 Å². The highest BCUT2D eigenvalue weighted by molar-refractivity contribution is 5.88. The molecule has 0 aliphatic heterocycles. The summed E-state index contributed by atoms with van der Waals surface area (Å²) in [5.41, 5.74) is 5.08. The molecular weight excluding hydrogens is 182 g/mol. The van der Waals surface area contributed by atoms with Gasteiger partial charge in [-0.25, -0.2) is 0 Å². The summed E-state index contributed by atoms with van der Waals surface area (Å²) in [6.07, 6.45) is 2.29. The summed E-state index contributed by atoms with van der Waals surface area (Å²) in [7, 11) is 0. The molecule has 5 nitrogen and oxygen atoms in total. The van der Waals surface area contributed by atoms with E-state index in [1.165, 1.54) is 0 Å². The molecule has 1 aliphatic rings. The quantitative estimate of drug-likeness (QED) is 0.628. The van der Waals surface area contributed by atoms with Crippen LogP contribution in [0, 0.1) is 17.2 Å². The SMILES string of the molecule is N#CCC[C@H](NC(=O)C1CC1)C(N)=O. The third-order valence-corrected chi connectivity index (χ3v) is 2.15. The second-order valence-corrected chi connectivity index (χ2v) is 3.43. The molecule has 0 aromatic heterocycles. The van der Waals surface area contributed by atoms with Crippen molar-refractivity contribution in [1.29, 1.82) is 5.26 Å². The van der Waals surface area contributed by atoms with Crippen molar-refractivity contribution >= 4 is 11.8 Å². The molecule has 0 bridgehead atoms. The van der Waals surface area contributed by atoms with Gasteiger partial charge in [-0.05, 0) is 19.3 Å². The number of nitrogens with two attached hydrogens (primary N) is 1. The van der Waals surface area contributed by atoms with Crippen molar-refractivity contribution in [3.8, 4) is 6.07 Å².